The van der Waals surface area contributed by atoms with E-state index in [1.54, 1.807) is 0 Å². The van der Waals surface area contributed by atoms with Crippen LogP contribution in [-0.4, -0.2) is 25.7 Å². The van der Waals surface area contributed by atoms with Gasteiger partial charge in [-0.15, -0.1) is 11.3 Å². The Hall–Kier alpha value is -1.75. The van der Waals surface area contributed by atoms with Gasteiger partial charge in [0.15, 0.2) is 0 Å². The lowest BCUT2D eigenvalue weighted by atomic mass is 9.98. The first kappa shape index (κ1) is 15.2. The molecule has 2 heterocycles. The summed E-state index contributed by atoms with van der Waals surface area (Å²) < 4.78 is 6.31. The summed E-state index contributed by atoms with van der Waals surface area (Å²) in [6, 6.07) is 5.87. The second-order valence-corrected chi connectivity index (χ2v) is 6.98. The molecular formula is C17H22N2O2S. The molecule has 0 saturated carbocycles. The monoisotopic (exact) mass is 318 g/mol. The van der Waals surface area contributed by atoms with Gasteiger partial charge in [0.25, 0.3) is 0 Å². The average Bonchev–Trinajstić information content (AvgIpc) is 2.87. The number of esters is 1. The largest absolute Gasteiger partial charge is 0.462 e. The number of nitrogens with zero attached hydrogens (tertiary/aromatic N) is 1. The highest BCUT2D eigenvalue weighted by Crippen LogP contribution is 2.41. The number of hydrogen-bond donors (Lipinski definition) is 1. The van der Waals surface area contributed by atoms with Gasteiger partial charge in [0.2, 0.25) is 0 Å². The second kappa shape index (κ2) is 6.16. The van der Waals surface area contributed by atoms with E-state index in [9.17, 15) is 4.79 Å². The van der Waals surface area contributed by atoms with Crippen LogP contribution in [0.1, 0.15) is 36.4 Å². The number of carbonyl (C=O) groups excluding carboxylic acids is 1. The molecule has 1 aromatic heterocycles. The third kappa shape index (κ3) is 2.77. The van der Waals surface area contributed by atoms with Crippen LogP contribution in [-0.2, 0) is 4.74 Å². The summed E-state index contributed by atoms with van der Waals surface area (Å²) in [5.41, 5.74) is 7.65. The average molecular weight is 318 g/mol. The molecule has 0 aliphatic carbocycles. The van der Waals surface area contributed by atoms with Gasteiger partial charge in [0.1, 0.15) is 4.88 Å². The molecule has 1 saturated heterocycles. The maximum absolute atomic E-state index is 12.4. The van der Waals surface area contributed by atoms with Crippen LogP contribution in [0.5, 0.6) is 0 Å². The first-order valence-electron chi connectivity index (χ1n) is 7.84. The van der Waals surface area contributed by atoms with Gasteiger partial charge in [-0.1, -0.05) is 6.92 Å². The minimum atomic E-state index is -0.226. The van der Waals surface area contributed by atoms with Crippen molar-refractivity contribution in [2.24, 2.45) is 5.92 Å². The number of thiophene rings is 1. The van der Waals surface area contributed by atoms with Crippen molar-refractivity contribution in [3.8, 4) is 0 Å². The third-order valence-electron chi connectivity index (χ3n) is 4.25. The molecule has 0 radical (unpaired) electrons. The molecule has 3 rings (SSSR count). The molecule has 5 heteroatoms. The van der Waals surface area contributed by atoms with E-state index in [1.165, 1.54) is 11.3 Å². The lowest BCUT2D eigenvalue weighted by Gasteiger charge is -2.32. The molecule has 1 fully saturated rings. The minimum absolute atomic E-state index is 0.226. The van der Waals surface area contributed by atoms with E-state index in [0.29, 0.717) is 11.5 Å². The van der Waals surface area contributed by atoms with Crippen LogP contribution in [0, 0.1) is 5.92 Å². The van der Waals surface area contributed by atoms with Crippen LogP contribution in [0.15, 0.2) is 18.2 Å². The van der Waals surface area contributed by atoms with Crippen LogP contribution < -0.4 is 10.6 Å². The zero-order valence-corrected chi connectivity index (χ0v) is 13.9. The number of benzene rings is 1. The fourth-order valence-electron chi connectivity index (χ4n) is 2.98. The molecule has 22 heavy (non-hydrogen) atoms. The van der Waals surface area contributed by atoms with E-state index in [4.69, 9.17) is 10.5 Å². The smallest absolute Gasteiger partial charge is 0.350 e. The summed E-state index contributed by atoms with van der Waals surface area (Å²) in [7, 11) is 0. The van der Waals surface area contributed by atoms with Gasteiger partial charge in [0, 0.05) is 28.9 Å². The van der Waals surface area contributed by atoms with Crippen molar-refractivity contribution in [2.75, 3.05) is 30.3 Å². The number of ether oxygens (including phenoxy) is 1. The zero-order valence-electron chi connectivity index (χ0n) is 13.1. The lowest BCUT2D eigenvalue weighted by molar-refractivity contribution is 0.0533. The predicted molar refractivity (Wildman–Crippen MR) is 92.8 cm³/mol. The molecule has 0 spiro atoms. The number of nitrogen functional groups attached to an aromatic ring is 1. The Morgan fingerprint density at radius 2 is 2.14 bits per heavy atom. The van der Waals surface area contributed by atoms with Gasteiger partial charge in [-0.2, -0.15) is 0 Å². The van der Waals surface area contributed by atoms with Gasteiger partial charge in [-0.3, -0.25) is 0 Å². The number of hydrogen-bond acceptors (Lipinski definition) is 5. The van der Waals surface area contributed by atoms with Crippen molar-refractivity contribution in [3.63, 3.8) is 0 Å². The summed E-state index contributed by atoms with van der Waals surface area (Å²) in [5.74, 6) is 0.527. The minimum Gasteiger partial charge on any atom is -0.462 e. The molecule has 2 N–H and O–H groups in total. The summed E-state index contributed by atoms with van der Waals surface area (Å²) in [5, 5.41) is 1.11. The first-order chi connectivity index (χ1) is 10.6. The van der Waals surface area contributed by atoms with Crippen molar-refractivity contribution in [1.29, 1.82) is 0 Å². The van der Waals surface area contributed by atoms with E-state index >= 15 is 0 Å². The van der Waals surface area contributed by atoms with E-state index in [0.717, 1.165) is 53.3 Å². The van der Waals surface area contributed by atoms with Crippen LogP contribution in [0.25, 0.3) is 10.1 Å². The Balaban J connectivity index is 2.08. The van der Waals surface area contributed by atoms with Crippen molar-refractivity contribution < 1.29 is 9.53 Å². The number of piperidine rings is 1. The van der Waals surface area contributed by atoms with Gasteiger partial charge < -0.3 is 15.4 Å². The SMILES string of the molecule is CCOC(=O)c1sc2cc(N)ccc2c1N1CCC(C)CC1. The highest BCUT2D eigenvalue weighted by molar-refractivity contribution is 7.21. The fourth-order valence-corrected chi connectivity index (χ4v) is 4.15. The normalized spacial score (nSPS) is 16.2. The van der Waals surface area contributed by atoms with Crippen LogP contribution in [0.3, 0.4) is 0 Å². The highest BCUT2D eigenvalue weighted by Gasteiger charge is 2.26. The van der Waals surface area contributed by atoms with Crippen LogP contribution in [0.4, 0.5) is 11.4 Å². The molecule has 4 nitrogen and oxygen atoms in total. The number of carbonyl (C=O) groups is 1. The topological polar surface area (TPSA) is 55.6 Å². The molecule has 0 bridgehead atoms. The quantitative estimate of drug-likeness (QED) is 0.689. The Bertz CT molecular complexity index is 687. The van der Waals surface area contributed by atoms with Gasteiger partial charge >= 0.3 is 5.97 Å². The number of anilines is 2. The summed E-state index contributed by atoms with van der Waals surface area (Å²) in [6.07, 6.45) is 2.32. The molecule has 0 amide bonds. The third-order valence-corrected chi connectivity index (χ3v) is 5.37. The van der Waals surface area contributed by atoms with Gasteiger partial charge in [0.05, 0.1) is 12.3 Å². The Morgan fingerprint density at radius 1 is 1.41 bits per heavy atom. The van der Waals surface area contributed by atoms with Crippen LogP contribution in [0.2, 0.25) is 0 Å². The maximum Gasteiger partial charge on any atom is 0.350 e. The molecule has 2 aromatic rings. The molecule has 0 atom stereocenters. The highest BCUT2D eigenvalue weighted by atomic mass is 32.1. The number of rotatable bonds is 3. The van der Waals surface area contributed by atoms with Crippen LogP contribution >= 0.6 is 11.3 Å². The fraction of sp³-hybridized carbons (Fsp3) is 0.471. The summed E-state index contributed by atoms with van der Waals surface area (Å²) >= 11 is 1.48. The number of nitrogens with two attached hydrogens (primary N) is 1. The standard InChI is InChI=1S/C17H22N2O2S/c1-3-21-17(20)16-15(19-8-6-11(2)7-9-19)13-5-4-12(18)10-14(13)22-16/h4-5,10-11H,3,6-9,18H2,1-2H3. The van der Waals surface area contributed by atoms with E-state index in [2.05, 4.69) is 11.8 Å². The van der Waals surface area contributed by atoms with E-state index < -0.39 is 0 Å². The van der Waals surface area contributed by atoms with Crippen molar-refractivity contribution in [3.05, 3.63) is 23.1 Å². The van der Waals surface area contributed by atoms with Gasteiger partial charge in [-0.05, 0) is 43.9 Å². The molecule has 1 aliphatic heterocycles. The van der Waals surface area contributed by atoms with E-state index in [1.807, 2.05) is 25.1 Å². The zero-order chi connectivity index (χ0) is 15.7. The Labute approximate surface area is 134 Å². The molecule has 118 valence electrons. The number of fused-ring (bicyclic) bond motifs is 1. The predicted octanol–water partition coefficient (Wildman–Crippen LogP) is 3.90. The molecule has 1 aliphatic rings. The maximum atomic E-state index is 12.4. The second-order valence-electron chi connectivity index (χ2n) is 5.93. The first-order valence-corrected chi connectivity index (χ1v) is 8.66. The Kier molecular flexibility index (Phi) is 4.25. The van der Waals surface area contributed by atoms with Crippen molar-refractivity contribution in [1.82, 2.24) is 0 Å². The van der Waals surface area contributed by atoms with Crippen molar-refractivity contribution >= 4 is 38.8 Å². The lowest BCUT2D eigenvalue weighted by Crippen LogP contribution is -2.33. The summed E-state index contributed by atoms with van der Waals surface area (Å²) in [6.45, 7) is 6.50. The van der Waals surface area contributed by atoms with Gasteiger partial charge in [-0.25, -0.2) is 4.79 Å². The molecule has 0 unspecified atom stereocenters. The van der Waals surface area contributed by atoms with Crippen molar-refractivity contribution in [2.45, 2.75) is 26.7 Å². The van der Waals surface area contributed by atoms with E-state index in [-0.39, 0.29) is 5.97 Å². The molecule has 1 aromatic carbocycles. The summed E-state index contributed by atoms with van der Waals surface area (Å²) in [4.78, 5) is 15.4. The molecular weight excluding hydrogens is 296 g/mol. The Morgan fingerprint density at radius 3 is 2.82 bits per heavy atom.